The van der Waals surface area contributed by atoms with E-state index in [0.717, 1.165) is 23.9 Å². The predicted octanol–water partition coefficient (Wildman–Crippen LogP) is -0.481. The number of carbonyl (C=O) groups excluding carboxylic acids is 1. The van der Waals surface area contributed by atoms with Gasteiger partial charge in [-0.3, -0.25) is 4.79 Å². The van der Waals surface area contributed by atoms with E-state index in [2.05, 4.69) is 0 Å². The molecule has 1 aromatic rings. The van der Waals surface area contributed by atoms with Gasteiger partial charge in [0.1, 0.15) is 0 Å². The number of hydrogen-bond donors (Lipinski definition) is 0. The second-order valence-corrected chi connectivity index (χ2v) is 4.43. The van der Waals surface area contributed by atoms with E-state index < -0.39 is 12.4 Å². The smallest absolute Gasteiger partial charge is 0.445 e. The van der Waals surface area contributed by atoms with Crippen molar-refractivity contribution >= 4 is 29.4 Å². The molecule has 0 saturated carbocycles. The zero-order valence-corrected chi connectivity index (χ0v) is 13.7. The van der Waals surface area contributed by atoms with Gasteiger partial charge in [-0.05, 0) is 11.8 Å². The van der Waals surface area contributed by atoms with Gasteiger partial charge in [0.15, 0.2) is 0 Å². The maximum absolute atomic E-state index is 12.3. The molecule has 0 bridgehead atoms. The molecular formula is C9H10BF3KNOS. The normalized spacial score (nSPS) is 10.6. The average Bonchev–Trinajstić information content (AvgIpc) is 2.17. The van der Waals surface area contributed by atoms with Gasteiger partial charge in [-0.2, -0.15) is 0 Å². The third-order valence-electron chi connectivity index (χ3n) is 1.83. The monoisotopic (exact) mass is 287 g/mol. The molecule has 0 aromatic heterocycles. The summed E-state index contributed by atoms with van der Waals surface area (Å²) in [5.74, 6) is 0. The van der Waals surface area contributed by atoms with Gasteiger partial charge in [0, 0.05) is 19.0 Å². The summed E-state index contributed by atoms with van der Waals surface area (Å²) in [6, 6.07) is 4.59. The summed E-state index contributed by atoms with van der Waals surface area (Å²) in [7, 11) is 3.17. The van der Waals surface area contributed by atoms with Crippen LogP contribution in [-0.4, -0.2) is 31.2 Å². The number of halogens is 3. The van der Waals surface area contributed by atoms with Crippen molar-refractivity contribution in [2.45, 2.75) is 4.90 Å². The molecule has 1 amide bonds. The third-order valence-corrected chi connectivity index (χ3v) is 2.88. The molecule has 0 heterocycles. The standard InChI is InChI=1S/C9H10BF3NOS.K/c1-14(2)9(15)16-8-5-3-7(4-6-8)10(11,12)13;/h3-6H,1-2H3;/q-1;+1. The first-order chi connectivity index (χ1) is 7.30. The first-order valence-electron chi connectivity index (χ1n) is 4.50. The van der Waals surface area contributed by atoms with Crippen LogP contribution < -0.4 is 56.8 Å². The fourth-order valence-corrected chi connectivity index (χ4v) is 1.60. The fourth-order valence-electron chi connectivity index (χ4n) is 0.946. The SMILES string of the molecule is CN(C)C(=O)Sc1ccc([B-](F)(F)F)cc1.[K+]. The second-order valence-electron chi connectivity index (χ2n) is 3.41. The summed E-state index contributed by atoms with van der Waals surface area (Å²) in [5.41, 5.74) is -0.651. The van der Waals surface area contributed by atoms with Crippen LogP contribution in [-0.2, 0) is 0 Å². The minimum atomic E-state index is -4.96. The Morgan fingerprint density at radius 3 is 2.00 bits per heavy atom. The van der Waals surface area contributed by atoms with Crippen LogP contribution in [0.4, 0.5) is 17.7 Å². The zero-order valence-electron chi connectivity index (χ0n) is 9.78. The number of hydrogen-bond acceptors (Lipinski definition) is 2. The van der Waals surface area contributed by atoms with Gasteiger partial charge < -0.3 is 17.8 Å². The first-order valence-corrected chi connectivity index (χ1v) is 5.31. The summed E-state index contributed by atoms with van der Waals surface area (Å²) in [6.45, 7) is -4.96. The Morgan fingerprint density at radius 1 is 1.18 bits per heavy atom. The summed E-state index contributed by atoms with van der Waals surface area (Å²) in [6.07, 6.45) is 0. The van der Waals surface area contributed by atoms with E-state index in [9.17, 15) is 17.7 Å². The minimum Gasteiger partial charge on any atom is -0.445 e. The van der Waals surface area contributed by atoms with E-state index in [-0.39, 0.29) is 56.6 Å². The molecule has 17 heavy (non-hydrogen) atoms. The van der Waals surface area contributed by atoms with E-state index in [1.807, 2.05) is 0 Å². The molecule has 1 rings (SSSR count). The number of thioether (sulfide) groups is 1. The third kappa shape index (κ3) is 5.80. The van der Waals surface area contributed by atoms with Crippen molar-refractivity contribution in [2.75, 3.05) is 14.1 Å². The van der Waals surface area contributed by atoms with Crippen molar-refractivity contribution in [3.63, 3.8) is 0 Å². The Morgan fingerprint density at radius 2 is 1.65 bits per heavy atom. The van der Waals surface area contributed by atoms with Gasteiger partial charge in [0.05, 0.1) is 0 Å². The van der Waals surface area contributed by atoms with Crippen molar-refractivity contribution < 1.29 is 69.1 Å². The molecule has 0 saturated heterocycles. The van der Waals surface area contributed by atoms with Crippen molar-refractivity contribution in [2.24, 2.45) is 0 Å². The largest absolute Gasteiger partial charge is 1.00 e. The molecule has 0 aliphatic carbocycles. The van der Waals surface area contributed by atoms with Crippen molar-refractivity contribution in [1.82, 2.24) is 4.90 Å². The number of amides is 1. The molecule has 88 valence electrons. The van der Waals surface area contributed by atoms with Gasteiger partial charge in [0.25, 0.3) is 5.24 Å². The Labute approximate surface area is 145 Å². The second kappa shape index (κ2) is 7.20. The summed E-state index contributed by atoms with van der Waals surface area (Å²) >= 11 is 0.898. The average molecular weight is 287 g/mol. The first kappa shape index (κ1) is 17.5. The van der Waals surface area contributed by atoms with E-state index in [1.54, 1.807) is 14.1 Å². The Bertz CT molecular complexity index is 383. The number of carbonyl (C=O) groups is 1. The van der Waals surface area contributed by atoms with Crippen LogP contribution in [0.2, 0.25) is 0 Å². The maximum atomic E-state index is 12.3. The molecule has 0 aliphatic heterocycles. The Balaban J connectivity index is 0.00000256. The number of nitrogens with zero attached hydrogens (tertiary/aromatic N) is 1. The van der Waals surface area contributed by atoms with E-state index >= 15 is 0 Å². The van der Waals surface area contributed by atoms with E-state index in [4.69, 9.17) is 0 Å². The van der Waals surface area contributed by atoms with Crippen LogP contribution in [0.1, 0.15) is 0 Å². The molecule has 0 unspecified atom stereocenters. The number of benzene rings is 1. The van der Waals surface area contributed by atoms with Gasteiger partial charge >= 0.3 is 58.4 Å². The van der Waals surface area contributed by atoms with Crippen LogP contribution in [0.5, 0.6) is 0 Å². The molecule has 0 N–H and O–H groups in total. The van der Waals surface area contributed by atoms with Crippen LogP contribution in [0.3, 0.4) is 0 Å². The Kier molecular flexibility index (Phi) is 7.43. The Hall–Kier alpha value is 0.531. The van der Waals surface area contributed by atoms with Gasteiger partial charge in [0.2, 0.25) is 0 Å². The molecule has 1 aromatic carbocycles. The fraction of sp³-hybridized carbons (Fsp3) is 0.222. The van der Waals surface area contributed by atoms with Gasteiger partial charge in [-0.15, -0.1) is 5.46 Å². The minimum absolute atomic E-state index is 0. The molecular weight excluding hydrogens is 277 g/mol. The van der Waals surface area contributed by atoms with Gasteiger partial charge in [-0.25, -0.2) is 0 Å². The molecule has 0 radical (unpaired) electrons. The molecule has 0 atom stereocenters. The van der Waals surface area contributed by atoms with Gasteiger partial charge in [-0.1, -0.05) is 24.3 Å². The number of rotatable bonds is 2. The molecule has 0 spiro atoms. The molecule has 2 nitrogen and oxygen atoms in total. The summed E-state index contributed by atoms with van der Waals surface area (Å²) in [4.78, 5) is 13.1. The van der Waals surface area contributed by atoms with E-state index in [1.165, 1.54) is 17.0 Å². The van der Waals surface area contributed by atoms with Crippen molar-refractivity contribution in [3.8, 4) is 0 Å². The maximum Gasteiger partial charge on any atom is 1.00 e. The van der Waals surface area contributed by atoms with Crippen LogP contribution in [0, 0.1) is 0 Å². The van der Waals surface area contributed by atoms with Crippen molar-refractivity contribution in [1.29, 1.82) is 0 Å². The van der Waals surface area contributed by atoms with Crippen molar-refractivity contribution in [3.05, 3.63) is 24.3 Å². The summed E-state index contributed by atoms with van der Waals surface area (Å²) < 4.78 is 36.9. The molecule has 0 aliphatic rings. The molecule has 8 heteroatoms. The van der Waals surface area contributed by atoms with Crippen LogP contribution >= 0.6 is 11.8 Å². The quantitative estimate of drug-likeness (QED) is 0.541. The molecule has 0 fully saturated rings. The van der Waals surface area contributed by atoms with Crippen LogP contribution in [0.25, 0.3) is 0 Å². The topological polar surface area (TPSA) is 20.3 Å². The predicted molar refractivity (Wildman–Crippen MR) is 60.1 cm³/mol. The zero-order chi connectivity index (χ0) is 12.3. The van der Waals surface area contributed by atoms with Crippen LogP contribution in [0.15, 0.2) is 29.2 Å². The van der Waals surface area contributed by atoms with E-state index in [0.29, 0.717) is 4.90 Å². The summed E-state index contributed by atoms with van der Waals surface area (Å²) in [5, 5.41) is -0.217.